The maximum Gasteiger partial charge on any atom is 0.139 e. The van der Waals surface area contributed by atoms with Gasteiger partial charge in [-0.1, -0.05) is 29.8 Å². The number of hydrogen-bond donors (Lipinski definition) is 1. The van der Waals surface area contributed by atoms with Crippen LogP contribution in [0.1, 0.15) is 17.5 Å². The van der Waals surface area contributed by atoms with Gasteiger partial charge >= 0.3 is 0 Å². The third-order valence-electron chi connectivity index (χ3n) is 3.80. The zero-order valence-electron chi connectivity index (χ0n) is 11.1. The van der Waals surface area contributed by atoms with Crippen molar-refractivity contribution in [2.75, 3.05) is 13.1 Å². The van der Waals surface area contributed by atoms with Gasteiger partial charge in [0.2, 0.25) is 0 Å². The molecule has 1 aromatic carbocycles. The van der Waals surface area contributed by atoms with Crippen molar-refractivity contribution in [3.63, 3.8) is 0 Å². The van der Waals surface area contributed by atoms with Crippen LogP contribution in [-0.4, -0.2) is 30.3 Å². The first kappa shape index (κ1) is 12.0. The highest BCUT2D eigenvalue weighted by molar-refractivity contribution is 5.76. The van der Waals surface area contributed by atoms with E-state index in [2.05, 4.69) is 53.7 Å². The Labute approximate surface area is 113 Å². The van der Waals surface area contributed by atoms with Gasteiger partial charge in [0.25, 0.3) is 0 Å². The van der Waals surface area contributed by atoms with Crippen LogP contribution in [0.4, 0.5) is 0 Å². The highest BCUT2D eigenvalue weighted by Gasteiger charge is 2.28. The number of aldehydes is 1. The Morgan fingerprint density at radius 3 is 3.16 bits per heavy atom. The largest absolute Gasteiger partial charge is 0.382 e. The summed E-state index contributed by atoms with van der Waals surface area (Å²) in [5.41, 5.74) is 4.91. The molecule has 0 amide bonds. The SMILES string of the molecule is Cc1cccc(C2=CNC3CCN(CC=O)C3=C2)c1. The van der Waals surface area contributed by atoms with Crippen molar-refractivity contribution < 1.29 is 4.79 Å². The van der Waals surface area contributed by atoms with E-state index in [9.17, 15) is 4.79 Å². The van der Waals surface area contributed by atoms with Gasteiger partial charge in [0, 0.05) is 18.4 Å². The monoisotopic (exact) mass is 254 g/mol. The molecule has 1 aromatic rings. The molecule has 3 rings (SSSR count). The number of fused-ring (bicyclic) bond motifs is 1. The van der Waals surface area contributed by atoms with Crippen LogP contribution in [0.3, 0.4) is 0 Å². The predicted molar refractivity (Wildman–Crippen MR) is 76.4 cm³/mol. The minimum Gasteiger partial charge on any atom is -0.382 e. The molecule has 3 heteroatoms. The predicted octanol–water partition coefficient (Wildman–Crippen LogP) is 2.10. The average Bonchev–Trinajstić information content (AvgIpc) is 2.82. The van der Waals surface area contributed by atoms with Gasteiger partial charge in [0.15, 0.2) is 0 Å². The van der Waals surface area contributed by atoms with E-state index in [-0.39, 0.29) is 0 Å². The van der Waals surface area contributed by atoms with Crippen LogP contribution in [-0.2, 0) is 4.79 Å². The molecule has 0 saturated carbocycles. The minimum absolute atomic E-state index is 0.369. The third kappa shape index (κ3) is 2.28. The fourth-order valence-electron chi connectivity index (χ4n) is 2.81. The van der Waals surface area contributed by atoms with Crippen molar-refractivity contribution in [2.24, 2.45) is 0 Å². The van der Waals surface area contributed by atoms with Crippen LogP contribution in [0.5, 0.6) is 0 Å². The summed E-state index contributed by atoms with van der Waals surface area (Å²) in [6.45, 7) is 3.55. The summed E-state index contributed by atoms with van der Waals surface area (Å²) in [6, 6.07) is 8.85. The first-order valence-electron chi connectivity index (χ1n) is 6.71. The molecule has 0 aromatic heterocycles. The summed E-state index contributed by atoms with van der Waals surface area (Å²) in [5, 5.41) is 3.45. The molecule has 2 heterocycles. The Bertz CT molecular complexity index is 560. The smallest absolute Gasteiger partial charge is 0.139 e. The Morgan fingerprint density at radius 1 is 1.47 bits per heavy atom. The minimum atomic E-state index is 0.369. The number of dihydropyridines is 1. The van der Waals surface area contributed by atoms with Crippen LogP contribution in [0.25, 0.3) is 5.57 Å². The van der Waals surface area contributed by atoms with Crippen molar-refractivity contribution >= 4 is 11.9 Å². The molecule has 1 saturated heterocycles. The van der Waals surface area contributed by atoms with E-state index < -0.39 is 0 Å². The molecule has 1 N–H and O–H groups in total. The van der Waals surface area contributed by atoms with Crippen LogP contribution in [0, 0.1) is 6.92 Å². The Morgan fingerprint density at radius 2 is 2.37 bits per heavy atom. The highest BCUT2D eigenvalue weighted by atomic mass is 16.1. The Hall–Kier alpha value is -2.03. The van der Waals surface area contributed by atoms with E-state index in [4.69, 9.17) is 0 Å². The topological polar surface area (TPSA) is 32.3 Å². The number of allylic oxidation sites excluding steroid dienone is 2. The van der Waals surface area contributed by atoms with Gasteiger partial charge in [-0.05, 0) is 30.6 Å². The maximum atomic E-state index is 10.7. The lowest BCUT2D eigenvalue weighted by Gasteiger charge is -2.24. The lowest BCUT2D eigenvalue weighted by atomic mass is 9.99. The van der Waals surface area contributed by atoms with Crippen molar-refractivity contribution in [2.45, 2.75) is 19.4 Å². The summed E-state index contributed by atoms with van der Waals surface area (Å²) < 4.78 is 0. The van der Waals surface area contributed by atoms with E-state index in [0.717, 1.165) is 19.3 Å². The van der Waals surface area contributed by atoms with Crippen molar-refractivity contribution in [1.29, 1.82) is 0 Å². The van der Waals surface area contributed by atoms with Gasteiger partial charge in [-0.25, -0.2) is 0 Å². The second kappa shape index (κ2) is 4.92. The number of hydrogen-bond acceptors (Lipinski definition) is 3. The second-order valence-corrected chi connectivity index (χ2v) is 5.16. The first-order chi connectivity index (χ1) is 9.28. The van der Waals surface area contributed by atoms with E-state index in [1.807, 2.05) is 0 Å². The first-order valence-corrected chi connectivity index (χ1v) is 6.71. The Kier molecular flexibility index (Phi) is 3.11. The van der Waals surface area contributed by atoms with E-state index in [1.165, 1.54) is 22.4 Å². The molecule has 3 nitrogen and oxygen atoms in total. The normalized spacial score (nSPS) is 21.3. The standard InChI is InChI=1S/C16H18N2O/c1-12-3-2-4-13(9-12)14-10-16-15(17-11-14)5-6-18(16)7-8-19/h2-4,8-11,15,17H,5-7H2,1H3. The Balaban J connectivity index is 1.91. The van der Waals surface area contributed by atoms with Gasteiger partial charge in [-0.3, -0.25) is 0 Å². The molecule has 0 radical (unpaired) electrons. The summed E-state index contributed by atoms with van der Waals surface area (Å²) >= 11 is 0. The highest BCUT2D eigenvalue weighted by Crippen LogP contribution is 2.29. The van der Waals surface area contributed by atoms with Gasteiger partial charge in [0.05, 0.1) is 12.6 Å². The number of nitrogens with zero attached hydrogens (tertiary/aromatic N) is 1. The van der Waals surface area contributed by atoms with Gasteiger partial charge in [-0.2, -0.15) is 0 Å². The fraction of sp³-hybridized carbons (Fsp3) is 0.312. The quantitative estimate of drug-likeness (QED) is 0.838. The number of likely N-dealkylation sites (tertiary alicyclic amines) is 1. The molecule has 2 aliphatic rings. The molecule has 1 fully saturated rings. The van der Waals surface area contributed by atoms with Crippen LogP contribution < -0.4 is 5.32 Å². The molecular weight excluding hydrogens is 236 g/mol. The average molecular weight is 254 g/mol. The zero-order chi connectivity index (χ0) is 13.2. The molecule has 2 aliphatic heterocycles. The number of carbonyl (C=O) groups is 1. The van der Waals surface area contributed by atoms with E-state index in [0.29, 0.717) is 12.6 Å². The second-order valence-electron chi connectivity index (χ2n) is 5.16. The molecule has 19 heavy (non-hydrogen) atoms. The molecule has 1 unspecified atom stereocenters. The number of benzene rings is 1. The van der Waals surface area contributed by atoms with Gasteiger partial charge in [-0.15, -0.1) is 0 Å². The molecule has 1 atom stereocenters. The molecule has 0 aliphatic carbocycles. The molecular formula is C16H18N2O. The maximum absolute atomic E-state index is 10.7. The number of nitrogens with one attached hydrogen (secondary N) is 1. The van der Waals surface area contributed by atoms with Crippen molar-refractivity contribution in [3.05, 3.63) is 53.4 Å². The van der Waals surface area contributed by atoms with Gasteiger partial charge in [0.1, 0.15) is 6.29 Å². The number of rotatable bonds is 3. The summed E-state index contributed by atoms with van der Waals surface area (Å²) in [7, 11) is 0. The number of carbonyl (C=O) groups excluding carboxylic acids is 1. The summed E-state index contributed by atoms with van der Waals surface area (Å²) in [4.78, 5) is 12.9. The lowest BCUT2D eigenvalue weighted by molar-refractivity contribution is -0.108. The van der Waals surface area contributed by atoms with Crippen molar-refractivity contribution in [1.82, 2.24) is 10.2 Å². The molecule has 0 bridgehead atoms. The van der Waals surface area contributed by atoms with Crippen LogP contribution in [0.2, 0.25) is 0 Å². The molecule has 98 valence electrons. The van der Waals surface area contributed by atoms with Crippen molar-refractivity contribution in [3.8, 4) is 0 Å². The third-order valence-corrected chi connectivity index (χ3v) is 3.80. The molecule has 0 spiro atoms. The summed E-state index contributed by atoms with van der Waals surface area (Å²) in [6.07, 6.45) is 6.35. The zero-order valence-corrected chi connectivity index (χ0v) is 11.1. The van der Waals surface area contributed by atoms with Crippen LogP contribution in [0.15, 0.2) is 42.2 Å². The fourth-order valence-corrected chi connectivity index (χ4v) is 2.81. The van der Waals surface area contributed by atoms with E-state index in [1.54, 1.807) is 0 Å². The summed E-state index contributed by atoms with van der Waals surface area (Å²) in [5.74, 6) is 0. The lowest BCUT2D eigenvalue weighted by Crippen LogP contribution is -2.30. The van der Waals surface area contributed by atoms with E-state index >= 15 is 0 Å². The number of aryl methyl sites for hydroxylation is 1. The van der Waals surface area contributed by atoms with Gasteiger partial charge < -0.3 is 15.0 Å². The van der Waals surface area contributed by atoms with Crippen LogP contribution >= 0.6 is 0 Å².